The molecule has 0 spiro atoms. The standard InChI is InChI=1S/C10H10N2O2S/c1-6(11)10-12-7(5-15-10)9(13)8-3-2-4-14-8/h2-6H,11H2,1H3. The number of thiazole rings is 1. The van der Waals surface area contributed by atoms with Crippen LogP contribution in [0.4, 0.5) is 0 Å². The minimum Gasteiger partial charge on any atom is -0.461 e. The van der Waals surface area contributed by atoms with Gasteiger partial charge in [-0.05, 0) is 19.1 Å². The topological polar surface area (TPSA) is 69.1 Å². The number of hydrogen-bond acceptors (Lipinski definition) is 5. The molecule has 0 saturated heterocycles. The molecule has 4 nitrogen and oxygen atoms in total. The summed E-state index contributed by atoms with van der Waals surface area (Å²) in [5.41, 5.74) is 6.05. The lowest BCUT2D eigenvalue weighted by Crippen LogP contribution is -2.06. The Kier molecular flexibility index (Phi) is 2.66. The highest BCUT2D eigenvalue weighted by atomic mass is 32.1. The molecule has 5 heteroatoms. The van der Waals surface area contributed by atoms with Crippen molar-refractivity contribution in [3.63, 3.8) is 0 Å². The van der Waals surface area contributed by atoms with E-state index in [1.807, 2.05) is 6.92 Å². The third-order valence-electron chi connectivity index (χ3n) is 1.89. The maximum absolute atomic E-state index is 11.8. The summed E-state index contributed by atoms with van der Waals surface area (Å²) in [6, 6.07) is 3.15. The van der Waals surface area contributed by atoms with Crippen molar-refractivity contribution in [2.24, 2.45) is 5.73 Å². The van der Waals surface area contributed by atoms with Crippen LogP contribution in [0, 0.1) is 0 Å². The molecule has 0 bridgehead atoms. The van der Waals surface area contributed by atoms with Gasteiger partial charge in [-0.15, -0.1) is 11.3 Å². The molecule has 0 aliphatic carbocycles. The molecule has 78 valence electrons. The van der Waals surface area contributed by atoms with Gasteiger partial charge in [0.05, 0.1) is 12.3 Å². The monoisotopic (exact) mass is 222 g/mol. The van der Waals surface area contributed by atoms with Gasteiger partial charge in [0, 0.05) is 5.38 Å². The molecule has 1 atom stereocenters. The molecule has 0 saturated carbocycles. The maximum atomic E-state index is 11.8. The average Bonchev–Trinajstić information content (AvgIpc) is 2.88. The Bertz CT molecular complexity index is 459. The van der Waals surface area contributed by atoms with Gasteiger partial charge >= 0.3 is 0 Å². The molecule has 15 heavy (non-hydrogen) atoms. The van der Waals surface area contributed by atoms with Gasteiger partial charge < -0.3 is 10.2 Å². The number of hydrogen-bond donors (Lipinski definition) is 1. The highest BCUT2D eigenvalue weighted by Crippen LogP contribution is 2.18. The highest BCUT2D eigenvalue weighted by Gasteiger charge is 2.16. The Morgan fingerprint density at radius 1 is 1.67 bits per heavy atom. The quantitative estimate of drug-likeness (QED) is 0.806. The second kappa shape index (κ2) is 3.96. The third-order valence-corrected chi connectivity index (χ3v) is 2.93. The smallest absolute Gasteiger partial charge is 0.247 e. The van der Waals surface area contributed by atoms with Crippen molar-refractivity contribution in [2.75, 3.05) is 0 Å². The van der Waals surface area contributed by atoms with Gasteiger partial charge in [0.1, 0.15) is 10.7 Å². The number of furan rings is 1. The average molecular weight is 222 g/mol. The molecule has 1 unspecified atom stereocenters. The van der Waals surface area contributed by atoms with Gasteiger partial charge in [-0.2, -0.15) is 0 Å². The molecule has 0 radical (unpaired) electrons. The fourth-order valence-electron chi connectivity index (χ4n) is 1.14. The molecule has 0 aliphatic heterocycles. The Balaban J connectivity index is 2.27. The van der Waals surface area contributed by atoms with E-state index in [1.54, 1.807) is 17.5 Å². The summed E-state index contributed by atoms with van der Waals surface area (Å²) in [6.45, 7) is 1.83. The molecule has 0 fully saturated rings. The zero-order chi connectivity index (χ0) is 10.8. The lowest BCUT2D eigenvalue weighted by molar-refractivity contribution is 0.100. The first-order valence-electron chi connectivity index (χ1n) is 4.47. The van der Waals surface area contributed by atoms with Gasteiger partial charge in [-0.1, -0.05) is 0 Å². The van der Waals surface area contributed by atoms with Gasteiger partial charge in [0.15, 0.2) is 5.76 Å². The molecule has 2 N–H and O–H groups in total. The molecular formula is C10H10N2O2S. The molecular weight excluding hydrogens is 212 g/mol. The number of aromatic nitrogens is 1. The van der Waals surface area contributed by atoms with Crippen molar-refractivity contribution >= 4 is 17.1 Å². The molecule has 2 aromatic rings. The van der Waals surface area contributed by atoms with Crippen LogP contribution in [0.5, 0.6) is 0 Å². The lowest BCUT2D eigenvalue weighted by Gasteiger charge is -1.96. The van der Waals surface area contributed by atoms with E-state index in [1.165, 1.54) is 17.6 Å². The second-order valence-electron chi connectivity index (χ2n) is 3.17. The van der Waals surface area contributed by atoms with E-state index in [9.17, 15) is 4.79 Å². The van der Waals surface area contributed by atoms with E-state index in [4.69, 9.17) is 10.2 Å². The largest absolute Gasteiger partial charge is 0.461 e. The zero-order valence-electron chi connectivity index (χ0n) is 8.14. The van der Waals surface area contributed by atoms with Crippen molar-refractivity contribution in [1.29, 1.82) is 0 Å². The van der Waals surface area contributed by atoms with Crippen molar-refractivity contribution in [3.8, 4) is 0 Å². The van der Waals surface area contributed by atoms with E-state index in [2.05, 4.69) is 4.98 Å². The van der Waals surface area contributed by atoms with Crippen LogP contribution in [0.3, 0.4) is 0 Å². The van der Waals surface area contributed by atoms with Crippen molar-refractivity contribution in [3.05, 3.63) is 40.2 Å². The zero-order valence-corrected chi connectivity index (χ0v) is 8.95. The minimum atomic E-state index is -0.205. The number of carbonyl (C=O) groups excluding carboxylic acids is 1. The lowest BCUT2D eigenvalue weighted by atomic mass is 10.2. The summed E-state index contributed by atoms with van der Waals surface area (Å²) in [5, 5.41) is 2.45. The van der Waals surface area contributed by atoms with E-state index in [0.717, 1.165) is 5.01 Å². The summed E-state index contributed by atoms with van der Waals surface area (Å²) in [7, 11) is 0. The molecule has 2 rings (SSSR count). The van der Waals surface area contributed by atoms with Crippen LogP contribution in [-0.4, -0.2) is 10.8 Å². The van der Waals surface area contributed by atoms with Crippen LogP contribution < -0.4 is 5.73 Å². The number of ketones is 1. The van der Waals surface area contributed by atoms with Crippen LogP contribution in [-0.2, 0) is 0 Å². The van der Waals surface area contributed by atoms with Crippen LogP contribution in [0.25, 0.3) is 0 Å². The van der Waals surface area contributed by atoms with Gasteiger partial charge in [0.25, 0.3) is 0 Å². The van der Waals surface area contributed by atoms with Crippen LogP contribution in [0.15, 0.2) is 28.2 Å². The van der Waals surface area contributed by atoms with E-state index in [-0.39, 0.29) is 11.8 Å². The highest BCUT2D eigenvalue weighted by molar-refractivity contribution is 7.09. The molecule has 2 aromatic heterocycles. The number of carbonyl (C=O) groups is 1. The summed E-state index contributed by atoms with van der Waals surface area (Å²) in [4.78, 5) is 15.9. The Labute approximate surface area is 90.7 Å². The second-order valence-corrected chi connectivity index (χ2v) is 4.06. The van der Waals surface area contributed by atoms with E-state index in [0.29, 0.717) is 11.5 Å². The number of nitrogens with two attached hydrogens (primary N) is 1. The minimum absolute atomic E-state index is 0.145. The third kappa shape index (κ3) is 1.98. The number of rotatable bonds is 3. The summed E-state index contributed by atoms with van der Waals surface area (Å²) < 4.78 is 5.00. The van der Waals surface area contributed by atoms with Crippen LogP contribution >= 0.6 is 11.3 Å². The fraction of sp³-hybridized carbons (Fsp3) is 0.200. The van der Waals surface area contributed by atoms with Gasteiger partial charge in [0.2, 0.25) is 5.78 Å². The van der Waals surface area contributed by atoms with Crippen molar-refractivity contribution in [1.82, 2.24) is 4.98 Å². The molecule has 0 aromatic carbocycles. The Morgan fingerprint density at radius 3 is 3.00 bits per heavy atom. The first-order chi connectivity index (χ1) is 7.18. The van der Waals surface area contributed by atoms with E-state index >= 15 is 0 Å². The summed E-state index contributed by atoms with van der Waals surface area (Å²) >= 11 is 1.38. The van der Waals surface area contributed by atoms with Crippen molar-refractivity contribution < 1.29 is 9.21 Å². The Hall–Kier alpha value is -1.46. The predicted octanol–water partition coefficient (Wildman–Crippen LogP) is 1.99. The van der Waals surface area contributed by atoms with Gasteiger partial charge in [-0.3, -0.25) is 4.79 Å². The molecule has 2 heterocycles. The summed E-state index contributed by atoms with van der Waals surface area (Å²) in [5.74, 6) is 0.0969. The predicted molar refractivity (Wildman–Crippen MR) is 56.9 cm³/mol. The Morgan fingerprint density at radius 2 is 2.47 bits per heavy atom. The summed E-state index contributed by atoms with van der Waals surface area (Å²) in [6.07, 6.45) is 1.46. The fourth-order valence-corrected chi connectivity index (χ4v) is 1.89. The molecule has 0 aliphatic rings. The SMILES string of the molecule is CC(N)c1nc(C(=O)c2ccco2)cs1. The normalized spacial score (nSPS) is 12.7. The van der Waals surface area contributed by atoms with E-state index < -0.39 is 0 Å². The first-order valence-corrected chi connectivity index (χ1v) is 5.35. The maximum Gasteiger partial charge on any atom is 0.247 e. The first kappa shape index (κ1) is 10.1. The van der Waals surface area contributed by atoms with Crippen molar-refractivity contribution in [2.45, 2.75) is 13.0 Å². The number of nitrogens with zero attached hydrogens (tertiary/aromatic N) is 1. The molecule has 0 amide bonds. The van der Waals surface area contributed by atoms with Crippen LogP contribution in [0.2, 0.25) is 0 Å². The van der Waals surface area contributed by atoms with Crippen LogP contribution in [0.1, 0.15) is 34.2 Å². The van der Waals surface area contributed by atoms with Gasteiger partial charge in [-0.25, -0.2) is 4.98 Å².